The van der Waals surface area contributed by atoms with Crippen molar-refractivity contribution in [3.63, 3.8) is 0 Å². The maximum atomic E-state index is 6.55. The van der Waals surface area contributed by atoms with E-state index in [2.05, 4.69) is 196 Å². The molecule has 0 fully saturated rings. The molecule has 0 aliphatic carbocycles. The van der Waals surface area contributed by atoms with Crippen LogP contribution in [-0.4, -0.2) is 16.0 Å². The van der Waals surface area contributed by atoms with Gasteiger partial charge in [-0.05, 0) is 83.8 Å². The Labute approximate surface area is 306 Å². The minimum atomic E-state index is -0.0387. The number of rotatable bonds is 3. The monoisotopic (exact) mass is 675 g/mol. The summed E-state index contributed by atoms with van der Waals surface area (Å²) in [6, 6.07) is 65.9. The van der Waals surface area contributed by atoms with E-state index in [1.807, 2.05) is 0 Å². The number of benzene rings is 8. The zero-order chi connectivity index (χ0) is 34.6. The predicted molar refractivity (Wildman–Crippen MR) is 221 cm³/mol. The van der Waals surface area contributed by atoms with Gasteiger partial charge in [0.05, 0.1) is 22.1 Å². The molecule has 4 nitrogen and oxygen atoms in total. The SMILES string of the molecule is c1cc(N2B3c4ccccc4Oc4cccc(c43)-c3ccccc32)cc(-n2c3ccccc3c3cc(-n4c5ccccc5c5ccccc54)ccc32)c1. The smallest absolute Gasteiger partial charge is 0.336 e. The Hall–Kier alpha value is -6.98. The van der Waals surface area contributed by atoms with Crippen LogP contribution in [0, 0.1) is 0 Å². The van der Waals surface area contributed by atoms with Crippen LogP contribution in [0.3, 0.4) is 0 Å². The quantitative estimate of drug-likeness (QED) is 0.174. The number of anilines is 2. The predicted octanol–water partition coefficient (Wildman–Crippen LogP) is 10.9. The van der Waals surface area contributed by atoms with Gasteiger partial charge in [-0.25, -0.2) is 0 Å². The van der Waals surface area contributed by atoms with Crippen molar-refractivity contribution >= 4 is 72.8 Å². The highest BCUT2D eigenvalue weighted by atomic mass is 16.5. The second-order valence-corrected chi connectivity index (χ2v) is 14.1. The first-order chi connectivity index (χ1) is 26.3. The van der Waals surface area contributed by atoms with Crippen LogP contribution in [0.15, 0.2) is 182 Å². The first kappa shape index (κ1) is 28.7. The molecule has 0 atom stereocenters. The van der Waals surface area contributed by atoms with E-state index >= 15 is 0 Å². The van der Waals surface area contributed by atoms with Crippen LogP contribution in [0.2, 0.25) is 0 Å². The van der Waals surface area contributed by atoms with Crippen molar-refractivity contribution in [2.24, 2.45) is 0 Å². The van der Waals surface area contributed by atoms with E-state index < -0.39 is 0 Å². The summed E-state index contributed by atoms with van der Waals surface area (Å²) in [6.45, 7) is -0.0387. The molecule has 53 heavy (non-hydrogen) atoms. The van der Waals surface area contributed by atoms with Crippen molar-refractivity contribution in [3.05, 3.63) is 182 Å². The van der Waals surface area contributed by atoms with Gasteiger partial charge in [-0.2, -0.15) is 0 Å². The fourth-order valence-corrected chi connectivity index (χ4v) is 9.19. The highest BCUT2D eigenvalue weighted by molar-refractivity contribution is 6.92. The molecule has 0 unspecified atom stereocenters. The Morgan fingerprint density at radius 1 is 0.377 bits per heavy atom. The molecule has 0 radical (unpaired) electrons. The minimum absolute atomic E-state index is 0.0387. The lowest BCUT2D eigenvalue weighted by molar-refractivity contribution is 0.487. The van der Waals surface area contributed by atoms with Crippen molar-refractivity contribution in [1.82, 2.24) is 9.13 Å². The summed E-state index contributed by atoms with van der Waals surface area (Å²) in [6.07, 6.45) is 0. The Morgan fingerprint density at radius 2 is 0.925 bits per heavy atom. The van der Waals surface area contributed by atoms with Crippen molar-refractivity contribution < 1.29 is 4.74 Å². The summed E-state index contributed by atoms with van der Waals surface area (Å²) in [5, 5.41) is 4.99. The maximum absolute atomic E-state index is 6.55. The molecule has 8 aromatic carbocycles. The number of ether oxygens (including phenoxy) is 1. The second kappa shape index (κ2) is 10.8. The van der Waals surface area contributed by atoms with Crippen molar-refractivity contribution in [2.45, 2.75) is 0 Å². The van der Waals surface area contributed by atoms with Gasteiger partial charge >= 0.3 is 6.85 Å². The van der Waals surface area contributed by atoms with Gasteiger partial charge < -0.3 is 18.7 Å². The lowest BCUT2D eigenvalue weighted by Crippen LogP contribution is -2.59. The van der Waals surface area contributed by atoms with Gasteiger partial charge in [0.1, 0.15) is 11.5 Å². The van der Waals surface area contributed by atoms with E-state index in [0.717, 1.165) is 28.6 Å². The van der Waals surface area contributed by atoms with Crippen LogP contribution in [0.1, 0.15) is 0 Å². The Balaban J connectivity index is 1.07. The number of fused-ring (bicyclic) bond motifs is 10. The molecule has 246 valence electrons. The topological polar surface area (TPSA) is 22.3 Å². The first-order valence-electron chi connectivity index (χ1n) is 18.2. The summed E-state index contributed by atoms with van der Waals surface area (Å²) in [5.41, 5.74) is 14.2. The molecule has 0 saturated heterocycles. The van der Waals surface area contributed by atoms with Gasteiger partial charge in [0.15, 0.2) is 0 Å². The van der Waals surface area contributed by atoms with Crippen molar-refractivity contribution in [1.29, 1.82) is 0 Å². The fraction of sp³-hybridized carbons (Fsp3) is 0. The first-order valence-corrected chi connectivity index (χ1v) is 18.2. The standard InChI is InChI=1S/C48H30BN3O/c1-6-21-41-34(15-1)35-16-2-7-22-42(35)51(41)32-27-28-44-39(30-32)37-18-3-8-23-43(37)50(44)31-13-11-14-33(29-31)52-45-24-9-4-17-36(45)38-19-12-26-47-48(38)49(52)40-20-5-10-25-46(40)53-47/h1-30H. The maximum Gasteiger partial charge on any atom is 0.336 e. The molecular formula is C48H30BN3O. The van der Waals surface area contributed by atoms with Crippen LogP contribution in [0.4, 0.5) is 11.4 Å². The molecule has 0 saturated carbocycles. The Kier molecular flexibility index (Phi) is 5.83. The number of nitrogens with zero attached hydrogens (tertiary/aromatic N) is 3. The number of aromatic nitrogens is 2. The van der Waals surface area contributed by atoms with E-state index in [1.165, 1.54) is 71.4 Å². The number of hydrogen-bond donors (Lipinski definition) is 0. The largest absolute Gasteiger partial charge is 0.458 e. The zero-order valence-electron chi connectivity index (χ0n) is 28.6. The molecule has 0 N–H and O–H groups in total. The highest BCUT2D eigenvalue weighted by Crippen LogP contribution is 2.44. The van der Waals surface area contributed by atoms with Crippen LogP contribution in [-0.2, 0) is 0 Å². The highest BCUT2D eigenvalue weighted by Gasteiger charge is 2.43. The molecule has 2 aliphatic heterocycles. The van der Waals surface area contributed by atoms with Gasteiger partial charge in [0.2, 0.25) is 0 Å². The number of para-hydroxylation sites is 5. The lowest BCUT2D eigenvalue weighted by atomic mass is 9.44. The summed E-state index contributed by atoms with van der Waals surface area (Å²) >= 11 is 0. The van der Waals surface area contributed by atoms with Crippen LogP contribution in [0.25, 0.3) is 66.1 Å². The molecule has 10 aromatic rings. The third-order valence-electron chi connectivity index (χ3n) is 11.3. The summed E-state index contributed by atoms with van der Waals surface area (Å²) < 4.78 is 11.4. The van der Waals surface area contributed by atoms with Crippen molar-refractivity contribution in [2.75, 3.05) is 4.81 Å². The fourth-order valence-electron chi connectivity index (χ4n) is 9.19. The normalized spacial score (nSPS) is 13.0. The molecule has 2 aliphatic rings. The molecule has 0 amide bonds. The van der Waals surface area contributed by atoms with Gasteiger partial charge in [0.25, 0.3) is 0 Å². The molecule has 5 heteroatoms. The second-order valence-electron chi connectivity index (χ2n) is 14.1. The third-order valence-corrected chi connectivity index (χ3v) is 11.3. The lowest BCUT2D eigenvalue weighted by Gasteiger charge is -2.41. The number of hydrogen-bond acceptors (Lipinski definition) is 2. The van der Waals surface area contributed by atoms with Gasteiger partial charge in [-0.15, -0.1) is 0 Å². The van der Waals surface area contributed by atoms with Crippen LogP contribution >= 0.6 is 0 Å². The molecular weight excluding hydrogens is 645 g/mol. The summed E-state index contributed by atoms with van der Waals surface area (Å²) in [7, 11) is 0. The van der Waals surface area contributed by atoms with E-state index in [-0.39, 0.29) is 6.85 Å². The van der Waals surface area contributed by atoms with Gasteiger partial charge in [-0.1, -0.05) is 109 Å². The van der Waals surface area contributed by atoms with Crippen LogP contribution in [0.5, 0.6) is 11.5 Å². The van der Waals surface area contributed by atoms with Gasteiger partial charge in [-0.3, -0.25) is 0 Å². The molecule has 0 spiro atoms. The minimum Gasteiger partial charge on any atom is -0.458 e. The van der Waals surface area contributed by atoms with E-state index in [9.17, 15) is 0 Å². The Morgan fingerprint density at radius 3 is 1.70 bits per heavy atom. The van der Waals surface area contributed by atoms with Crippen molar-refractivity contribution in [3.8, 4) is 34.0 Å². The third kappa shape index (κ3) is 3.96. The molecule has 0 bridgehead atoms. The average molecular weight is 676 g/mol. The van der Waals surface area contributed by atoms with E-state index in [1.54, 1.807) is 0 Å². The molecule has 12 rings (SSSR count). The van der Waals surface area contributed by atoms with Gasteiger partial charge in [0, 0.05) is 55.3 Å². The summed E-state index contributed by atoms with van der Waals surface area (Å²) in [5.74, 6) is 1.83. The Bertz CT molecular complexity index is 3080. The van der Waals surface area contributed by atoms with E-state index in [4.69, 9.17) is 4.74 Å². The molecule has 4 heterocycles. The van der Waals surface area contributed by atoms with E-state index in [0.29, 0.717) is 0 Å². The zero-order valence-corrected chi connectivity index (χ0v) is 28.6. The van der Waals surface area contributed by atoms with Crippen LogP contribution < -0.4 is 20.5 Å². The molecule has 2 aromatic heterocycles. The average Bonchev–Trinajstić information content (AvgIpc) is 3.73. The summed E-state index contributed by atoms with van der Waals surface area (Å²) in [4.78, 5) is 2.51.